The normalized spacial score (nSPS) is 10.3. The standard InChI is InChI=1S/C15H12ClF2NO2/c1-9-5-6-10(16)13(7-9)21-8-14(20)19-15-11(17)3-2-4-12(15)18/h2-7H,8H2,1H3,(H,19,20). The number of hydrogen-bond acceptors (Lipinski definition) is 2. The van der Waals surface area contributed by atoms with Gasteiger partial charge in [0.15, 0.2) is 6.61 Å². The number of aryl methyl sites for hydroxylation is 1. The molecule has 6 heteroatoms. The summed E-state index contributed by atoms with van der Waals surface area (Å²) >= 11 is 5.91. The van der Waals surface area contributed by atoms with Crippen LogP contribution in [0, 0.1) is 18.6 Å². The molecule has 3 nitrogen and oxygen atoms in total. The van der Waals surface area contributed by atoms with Crippen LogP contribution in [0.5, 0.6) is 5.75 Å². The first kappa shape index (κ1) is 15.3. The number of carbonyl (C=O) groups is 1. The van der Waals surface area contributed by atoms with Crippen molar-refractivity contribution in [3.63, 3.8) is 0 Å². The lowest BCUT2D eigenvalue weighted by atomic mass is 10.2. The second kappa shape index (κ2) is 6.54. The first-order chi connectivity index (χ1) is 9.97. The van der Waals surface area contributed by atoms with Crippen LogP contribution in [0.4, 0.5) is 14.5 Å². The van der Waals surface area contributed by atoms with Crippen molar-refractivity contribution in [3.8, 4) is 5.75 Å². The van der Waals surface area contributed by atoms with Crippen molar-refractivity contribution >= 4 is 23.2 Å². The highest BCUT2D eigenvalue weighted by atomic mass is 35.5. The summed E-state index contributed by atoms with van der Waals surface area (Å²) in [4.78, 5) is 11.7. The Morgan fingerprint density at radius 1 is 1.24 bits per heavy atom. The third-order valence-electron chi connectivity index (χ3n) is 2.67. The Morgan fingerprint density at radius 2 is 1.90 bits per heavy atom. The average Bonchev–Trinajstić information content (AvgIpc) is 2.44. The SMILES string of the molecule is Cc1ccc(Cl)c(OCC(=O)Nc2c(F)cccc2F)c1. The molecule has 2 aromatic carbocycles. The van der Waals surface area contributed by atoms with Crippen LogP contribution in [0.25, 0.3) is 0 Å². The summed E-state index contributed by atoms with van der Waals surface area (Å²) < 4.78 is 32.0. The molecule has 0 aromatic heterocycles. The Bertz CT molecular complexity index is 656. The van der Waals surface area contributed by atoms with Gasteiger partial charge in [-0.05, 0) is 36.8 Å². The quantitative estimate of drug-likeness (QED) is 0.928. The number of para-hydroxylation sites is 1. The lowest BCUT2D eigenvalue weighted by Crippen LogP contribution is -2.21. The molecule has 0 saturated carbocycles. The zero-order chi connectivity index (χ0) is 15.4. The molecule has 0 bridgehead atoms. The van der Waals surface area contributed by atoms with Gasteiger partial charge in [-0.25, -0.2) is 8.78 Å². The van der Waals surface area contributed by atoms with Crippen LogP contribution in [0.15, 0.2) is 36.4 Å². The Labute approximate surface area is 125 Å². The van der Waals surface area contributed by atoms with Gasteiger partial charge in [-0.2, -0.15) is 0 Å². The predicted octanol–water partition coefficient (Wildman–Crippen LogP) is 3.94. The van der Waals surface area contributed by atoms with Gasteiger partial charge >= 0.3 is 0 Å². The van der Waals surface area contributed by atoms with Crippen molar-refractivity contribution < 1.29 is 18.3 Å². The van der Waals surface area contributed by atoms with E-state index in [1.54, 1.807) is 18.2 Å². The molecule has 110 valence electrons. The fourth-order valence-corrected chi connectivity index (χ4v) is 1.83. The van der Waals surface area contributed by atoms with Gasteiger partial charge in [-0.3, -0.25) is 4.79 Å². The third kappa shape index (κ3) is 3.92. The summed E-state index contributed by atoms with van der Waals surface area (Å²) in [5, 5.41) is 2.48. The topological polar surface area (TPSA) is 38.3 Å². The van der Waals surface area contributed by atoms with Gasteiger partial charge in [0.25, 0.3) is 5.91 Å². The lowest BCUT2D eigenvalue weighted by molar-refractivity contribution is -0.118. The summed E-state index contributed by atoms with van der Waals surface area (Å²) in [6, 6.07) is 8.42. The maximum atomic E-state index is 13.4. The summed E-state index contributed by atoms with van der Waals surface area (Å²) in [5.41, 5.74) is 0.413. The highest BCUT2D eigenvalue weighted by molar-refractivity contribution is 6.32. The lowest BCUT2D eigenvalue weighted by Gasteiger charge is -2.10. The first-order valence-corrected chi connectivity index (χ1v) is 6.48. The fraction of sp³-hybridized carbons (Fsp3) is 0.133. The number of amides is 1. The van der Waals surface area contributed by atoms with E-state index in [0.29, 0.717) is 10.8 Å². The Balaban J connectivity index is 2.01. The number of nitrogens with one attached hydrogen (secondary N) is 1. The molecule has 2 rings (SSSR count). The van der Waals surface area contributed by atoms with Gasteiger partial charge in [0.2, 0.25) is 0 Å². The zero-order valence-corrected chi connectivity index (χ0v) is 11.9. The number of halogens is 3. The van der Waals surface area contributed by atoms with Crippen molar-refractivity contribution in [1.82, 2.24) is 0 Å². The molecule has 21 heavy (non-hydrogen) atoms. The summed E-state index contributed by atoms with van der Waals surface area (Å²) in [5.74, 6) is -2.05. The number of benzene rings is 2. The van der Waals surface area contributed by atoms with E-state index in [1.807, 2.05) is 6.92 Å². The smallest absolute Gasteiger partial charge is 0.262 e. The second-order valence-electron chi connectivity index (χ2n) is 4.37. The molecular formula is C15H12ClF2NO2. The zero-order valence-electron chi connectivity index (χ0n) is 11.1. The number of carbonyl (C=O) groups excluding carboxylic acids is 1. The average molecular weight is 312 g/mol. The number of ether oxygens (including phenoxy) is 1. The van der Waals surface area contributed by atoms with Gasteiger partial charge in [-0.15, -0.1) is 0 Å². The highest BCUT2D eigenvalue weighted by Crippen LogP contribution is 2.25. The van der Waals surface area contributed by atoms with Crippen LogP contribution in [0.1, 0.15) is 5.56 Å². The van der Waals surface area contributed by atoms with Crippen LogP contribution in [-0.2, 0) is 4.79 Å². The molecule has 1 amide bonds. The molecule has 0 aliphatic rings. The van der Waals surface area contributed by atoms with Crippen molar-refractivity contribution in [2.75, 3.05) is 11.9 Å². The molecule has 0 atom stereocenters. The molecule has 0 saturated heterocycles. The van der Waals surface area contributed by atoms with Gasteiger partial charge in [0, 0.05) is 0 Å². The Kier molecular flexibility index (Phi) is 4.75. The molecule has 2 aromatic rings. The molecule has 0 aliphatic carbocycles. The van der Waals surface area contributed by atoms with Crippen LogP contribution >= 0.6 is 11.6 Å². The van der Waals surface area contributed by atoms with Gasteiger partial charge in [0.05, 0.1) is 5.02 Å². The van der Waals surface area contributed by atoms with Gasteiger partial charge in [-0.1, -0.05) is 23.7 Å². The van der Waals surface area contributed by atoms with Crippen LogP contribution < -0.4 is 10.1 Å². The fourth-order valence-electron chi connectivity index (χ4n) is 1.66. The highest BCUT2D eigenvalue weighted by Gasteiger charge is 2.13. The van der Waals surface area contributed by atoms with Crippen LogP contribution in [0.2, 0.25) is 5.02 Å². The van der Waals surface area contributed by atoms with Crippen molar-refractivity contribution in [2.45, 2.75) is 6.92 Å². The van der Waals surface area contributed by atoms with E-state index in [9.17, 15) is 13.6 Å². The maximum absolute atomic E-state index is 13.4. The Hall–Kier alpha value is -2.14. The second-order valence-corrected chi connectivity index (χ2v) is 4.77. The monoisotopic (exact) mass is 311 g/mol. The molecule has 1 N–H and O–H groups in total. The minimum Gasteiger partial charge on any atom is -0.482 e. The van der Waals surface area contributed by atoms with E-state index in [1.165, 1.54) is 6.07 Å². The molecule has 0 aliphatic heterocycles. The molecule has 0 spiro atoms. The summed E-state index contributed by atoms with van der Waals surface area (Å²) in [6.45, 7) is 1.44. The van der Waals surface area contributed by atoms with E-state index in [2.05, 4.69) is 5.32 Å². The number of hydrogen-bond donors (Lipinski definition) is 1. The largest absolute Gasteiger partial charge is 0.482 e. The minimum atomic E-state index is -0.850. The molecule has 0 heterocycles. The van der Waals surface area contributed by atoms with E-state index in [0.717, 1.165) is 17.7 Å². The van der Waals surface area contributed by atoms with E-state index < -0.39 is 29.8 Å². The third-order valence-corrected chi connectivity index (χ3v) is 2.98. The molecule has 0 unspecified atom stereocenters. The minimum absolute atomic E-state index is 0.334. The van der Waals surface area contributed by atoms with Crippen LogP contribution in [-0.4, -0.2) is 12.5 Å². The van der Waals surface area contributed by atoms with E-state index >= 15 is 0 Å². The van der Waals surface area contributed by atoms with Crippen molar-refractivity contribution in [1.29, 1.82) is 0 Å². The van der Waals surface area contributed by atoms with Crippen LogP contribution in [0.3, 0.4) is 0 Å². The predicted molar refractivity (Wildman–Crippen MR) is 76.7 cm³/mol. The Morgan fingerprint density at radius 3 is 2.57 bits per heavy atom. The summed E-state index contributed by atoms with van der Waals surface area (Å²) in [7, 11) is 0. The molecule has 0 radical (unpaired) electrons. The van der Waals surface area contributed by atoms with Crippen molar-refractivity contribution in [2.24, 2.45) is 0 Å². The van der Waals surface area contributed by atoms with Crippen molar-refractivity contribution in [3.05, 3.63) is 58.6 Å². The number of rotatable bonds is 4. The maximum Gasteiger partial charge on any atom is 0.262 e. The molecule has 0 fully saturated rings. The van der Waals surface area contributed by atoms with E-state index in [-0.39, 0.29) is 0 Å². The molecular weight excluding hydrogens is 300 g/mol. The van der Waals surface area contributed by atoms with Gasteiger partial charge < -0.3 is 10.1 Å². The number of anilines is 1. The summed E-state index contributed by atoms with van der Waals surface area (Å²) in [6.07, 6.45) is 0. The van der Waals surface area contributed by atoms with Gasteiger partial charge in [0.1, 0.15) is 23.1 Å². The first-order valence-electron chi connectivity index (χ1n) is 6.10. The van der Waals surface area contributed by atoms with E-state index in [4.69, 9.17) is 16.3 Å².